The molecule has 4 rings (SSSR count). The summed E-state index contributed by atoms with van der Waals surface area (Å²) in [5, 5.41) is 17.3. The lowest BCUT2D eigenvalue weighted by Crippen LogP contribution is -2.19. The molecule has 0 aliphatic heterocycles. The van der Waals surface area contributed by atoms with E-state index in [1.54, 1.807) is 30.5 Å². The maximum atomic E-state index is 13.1. The van der Waals surface area contributed by atoms with Gasteiger partial charge in [-0.25, -0.2) is 4.39 Å². The third kappa shape index (κ3) is 6.40. The standard InChI is InChI=1S/C22H18FN5O3S2/c23-14-7-9-15(10-8-14)25-20(30)17-5-1-2-6-18(17)26-19(29)13-32-22-28-27-21(33-22)24-12-16-4-3-11-31-16/h1-11H,12-13H2,(H,24,27)(H,25,30)(H,26,29). The topological polar surface area (TPSA) is 109 Å². The third-order valence-corrected chi connectivity index (χ3v) is 6.29. The number of carbonyl (C=O) groups is 2. The summed E-state index contributed by atoms with van der Waals surface area (Å²) in [6.07, 6.45) is 1.60. The van der Waals surface area contributed by atoms with Crippen LogP contribution in [0.2, 0.25) is 0 Å². The zero-order valence-electron chi connectivity index (χ0n) is 17.1. The van der Waals surface area contributed by atoms with E-state index in [1.807, 2.05) is 12.1 Å². The van der Waals surface area contributed by atoms with Crippen LogP contribution in [-0.2, 0) is 11.3 Å². The fraction of sp³-hybridized carbons (Fsp3) is 0.0909. The van der Waals surface area contributed by atoms with Crippen molar-refractivity contribution in [2.75, 3.05) is 21.7 Å². The highest BCUT2D eigenvalue weighted by Gasteiger charge is 2.15. The summed E-state index contributed by atoms with van der Waals surface area (Å²) in [6.45, 7) is 0.490. The number of halogens is 1. The largest absolute Gasteiger partial charge is 0.467 e. The second-order valence-corrected chi connectivity index (χ2v) is 8.85. The maximum absolute atomic E-state index is 13.1. The summed E-state index contributed by atoms with van der Waals surface area (Å²) >= 11 is 2.57. The Morgan fingerprint density at radius 3 is 2.61 bits per heavy atom. The molecule has 0 bridgehead atoms. The van der Waals surface area contributed by atoms with Gasteiger partial charge in [-0.3, -0.25) is 9.59 Å². The van der Waals surface area contributed by atoms with Gasteiger partial charge < -0.3 is 20.4 Å². The average Bonchev–Trinajstić information content (AvgIpc) is 3.50. The Kier molecular flexibility index (Phi) is 7.33. The second kappa shape index (κ2) is 10.7. The molecule has 0 aliphatic rings. The molecular weight excluding hydrogens is 465 g/mol. The zero-order valence-corrected chi connectivity index (χ0v) is 18.7. The van der Waals surface area contributed by atoms with Crippen molar-refractivity contribution in [2.24, 2.45) is 0 Å². The van der Waals surface area contributed by atoms with Crippen molar-refractivity contribution in [3.8, 4) is 0 Å². The lowest BCUT2D eigenvalue weighted by atomic mass is 10.1. The van der Waals surface area contributed by atoms with Gasteiger partial charge in [0.1, 0.15) is 11.6 Å². The molecule has 2 heterocycles. The number of para-hydroxylation sites is 1. The van der Waals surface area contributed by atoms with E-state index in [1.165, 1.54) is 47.4 Å². The van der Waals surface area contributed by atoms with Gasteiger partial charge in [-0.05, 0) is 48.5 Å². The molecule has 0 saturated heterocycles. The van der Waals surface area contributed by atoms with Crippen LogP contribution in [0.15, 0.2) is 75.7 Å². The number of hydrogen-bond acceptors (Lipinski definition) is 8. The molecular formula is C22H18FN5O3S2. The Bertz CT molecular complexity index is 1230. The van der Waals surface area contributed by atoms with Crippen molar-refractivity contribution in [2.45, 2.75) is 10.9 Å². The zero-order chi connectivity index (χ0) is 23.0. The van der Waals surface area contributed by atoms with Gasteiger partial charge in [-0.2, -0.15) is 0 Å². The van der Waals surface area contributed by atoms with Gasteiger partial charge in [0.25, 0.3) is 5.91 Å². The van der Waals surface area contributed by atoms with Crippen molar-refractivity contribution < 1.29 is 18.4 Å². The predicted molar refractivity (Wildman–Crippen MR) is 126 cm³/mol. The van der Waals surface area contributed by atoms with Gasteiger partial charge in [-0.1, -0.05) is 35.2 Å². The molecule has 4 aromatic rings. The Labute approximate surface area is 196 Å². The van der Waals surface area contributed by atoms with E-state index in [0.29, 0.717) is 33.0 Å². The van der Waals surface area contributed by atoms with Crippen molar-refractivity contribution in [3.05, 3.63) is 84.1 Å². The van der Waals surface area contributed by atoms with E-state index in [0.717, 1.165) is 5.76 Å². The maximum Gasteiger partial charge on any atom is 0.257 e. The number of aromatic nitrogens is 2. The van der Waals surface area contributed by atoms with Gasteiger partial charge >= 0.3 is 0 Å². The molecule has 0 aliphatic carbocycles. The molecule has 168 valence electrons. The first-order chi connectivity index (χ1) is 16.1. The number of carbonyl (C=O) groups excluding carboxylic acids is 2. The molecule has 8 nitrogen and oxygen atoms in total. The van der Waals surface area contributed by atoms with E-state index in [9.17, 15) is 14.0 Å². The summed E-state index contributed by atoms with van der Waals surface area (Å²) in [4.78, 5) is 25.1. The van der Waals surface area contributed by atoms with Gasteiger partial charge in [0, 0.05) is 5.69 Å². The number of amides is 2. The number of anilines is 3. The van der Waals surface area contributed by atoms with Crippen molar-refractivity contribution in [1.82, 2.24) is 10.2 Å². The SMILES string of the molecule is O=C(CSc1nnc(NCc2ccco2)s1)Nc1ccccc1C(=O)Nc1ccc(F)cc1. The smallest absolute Gasteiger partial charge is 0.257 e. The van der Waals surface area contributed by atoms with Gasteiger partial charge in [0.15, 0.2) is 4.34 Å². The first-order valence-corrected chi connectivity index (χ1v) is 11.6. The molecule has 0 radical (unpaired) electrons. The number of rotatable bonds is 9. The van der Waals surface area contributed by atoms with Crippen LogP contribution in [0.25, 0.3) is 0 Å². The second-order valence-electron chi connectivity index (χ2n) is 6.65. The highest BCUT2D eigenvalue weighted by Crippen LogP contribution is 2.26. The first-order valence-electron chi connectivity index (χ1n) is 9.75. The van der Waals surface area contributed by atoms with Crippen LogP contribution in [0.4, 0.5) is 20.9 Å². The summed E-state index contributed by atoms with van der Waals surface area (Å²) in [5.74, 6) is -0.223. The number of hydrogen-bond donors (Lipinski definition) is 3. The molecule has 2 aromatic heterocycles. The normalized spacial score (nSPS) is 10.6. The Morgan fingerprint density at radius 1 is 1.00 bits per heavy atom. The van der Waals surface area contributed by atoms with E-state index >= 15 is 0 Å². The fourth-order valence-electron chi connectivity index (χ4n) is 2.75. The summed E-state index contributed by atoms with van der Waals surface area (Å²) in [5.41, 5.74) is 1.12. The number of benzene rings is 2. The summed E-state index contributed by atoms with van der Waals surface area (Å²) in [7, 11) is 0. The highest BCUT2D eigenvalue weighted by molar-refractivity contribution is 8.01. The van der Waals surface area contributed by atoms with Crippen molar-refractivity contribution in [3.63, 3.8) is 0 Å². The molecule has 2 aromatic carbocycles. The molecule has 0 unspecified atom stereocenters. The summed E-state index contributed by atoms with van der Waals surface area (Å²) in [6, 6.07) is 15.8. The molecule has 0 fully saturated rings. The first kappa shape index (κ1) is 22.5. The van der Waals surface area contributed by atoms with Crippen LogP contribution in [0.1, 0.15) is 16.1 Å². The number of nitrogens with zero attached hydrogens (tertiary/aromatic N) is 2. The minimum absolute atomic E-state index is 0.0979. The minimum atomic E-state index is -0.415. The average molecular weight is 484 g/mol. The van der Waals surface area contributed by atoms with E-state index < -0.39 is 11.7 Å². The van der Waals surface area contributed by atoms with Gasteiger partial charge in [-0.15, -0.1) is 10.2 Å². The third-order valence-electron chi connectivity index (χ3n) is 4.28. The quantitative estimate of drug-likeness (QED) is 0.292. The van der Waals surface area contributed by atoms with Crippen molar-refractivity contribution >= 4 is 51.4 Å². The molecule has 0 atom stereocenters. The van der Waals surface area contributed by atoms with Crippen LogP contribution in [0, 0.1) is 5.82 Å². The van der Waals surface area contributed by atoms with Crippen LogP contribution < -0.4 is 16.0 Å². The fourth-order valence-corrected chi connectivity index (χ4v) is 4.30. The Balaban J connectivity index is 1.30. The van der Waals surface area contributed by atoms with Crippen molar-refractivity contribution in [1.29, 1.82) is 0 Å². The molecule has 33 heavy (non-hydrogen) atoms. The lowest BCUT2D eigenvalue weighted by molar-refractivity contribution is -0.113. The van der Waals surface area contributed by atoms with Crippen LogP contribution in [0.5, 0.6) is 0 Å². The highest BCUT2D eigenvalue weighted by atomic mass is 32.2. The lowest BCUT2D eigenvalue weighted by Gasteiger charge is -2.11. The molecule has 11 heteroatoms. The van der Waals surface area contributed by atoms with E-state index in [-0.39, 0.29) is 11.7 Å². The Hall–Kier alpha value is -3.70. The van der Waals surface area contributed by atoms with E-state index in [2.05, 4.69) is 26.1 Å². The molecule has 3 N–H and O–H groups in total. The minimum Gasteiger partial charge on any atom is -0.467 e. The summed E-state index contributed by atoms with van der Waals surface area (Å²) < 4.78 is 19.0. The van der Waals surface area contributed by atoms with Crippen LogP contribution >= 0.6 is 23.1 Å². The molecule has 0 spiro atoms. The monoisotopic (exact) mass is 483 g/mol. The van der Waals surface area contributed by atoms with Gasteiger partial charge in [0.05, 0.1) is 29.8 Å². The predicted octanol–water partition coefficient (Wildman–Crippen LogP) is 4.87. The van der Waals surface area contributed by atoms with Crippen LogP contribution in [-0.4, -0.2) is 27.8 Å². The van der Waals surface area contributed by atoms with Crippen LogP contribution in [0.3, 0.4) is 0 Å². The number of nitrogens with one attached hydrogen (secondary N) is 3. The number of thioether (sulfide) groups is 1. The Morgan fingerprint density at radius 2 is 1.82 bits per heavy atom. The van der Waals surface area contributed by atoms with Gasteiger partial charge in [0.2, 0.25) is 11.0 Å². The number of furan rings is 1. The molecule has 2 amide bonds. The van der Waals surface area contributed by atoms with E-state index in [4.69, 9.17) is 4.42 Å². The molecule has 0 saturated carbocycles.